The fourth-order valence-corrected chi connectivity index (χ4v) is 2.95. The molecule has 0 aliphatic rings. The molecule has 0 radical (unpaired) electrons. The van der Waals surface area contributed by atoms with Gasteiger partial charge in [0.1, 0.15) is 5.75 Å². The molecular weight excluding hydrogens is 336 g/mol. The second-order valence-electron chi connectivity index (χ2n) is 6.98. The molecule has 0 aromatic heterocycles. The molecule has 0 saturated carbocycles. The monoisotopic (exact) mass is 368 g/mol. The van der Waals surface area contributed by atoms with Crippen LogP contribution in [0.1, 0.15) is 80.5 Å². The van der Waals surface area contributed by atoms with E-state index in [1.54, 1.807) is 0 Å². The number of ether oxygens (including phenoxy) is 2. The summed E-state index contributed by atoms with van der Waals surface area (Å²) in [5, 5.41) is 0. The molecule has 3 nitrogen and oxygen atoms in total. The third kappa shape index (κ3) is 7.18. The van der Waals surface area contributed by atoms with Crippen molar-refractivity contribution < 1.29 is 14.3 Å². The zero-order chi connectivity index (χ0) is 19.5. The highest BCUT2D eigenvalue weighted by atomic mass is 16.5. The summed E-state index contributed by atoms with van der Waals surface area (Å²) in [6.07, 6.45) is 6.98. The van der Waals surface area contributed by atoms with Gasteiger partial charge in [-0.25, -0.2) is 4.79 Å². The average molecular weight is 369 g/mol. The van der Waals surface area contributed by atoms with Crippen LogP contribution in [0.5, 0.6) is 5.75 Å². The van der Waals surface area contributed by atoms with Crippen LogP contribution in [0.4, 0.5) is 0 Å². The molecule has 0 spiro atoms. The van der Waals surface area contributed by atoms with E-state index in [-0.39, 0.29) is 12.1 Å². The van der Waals surface area contributed by atoms with E-state index in [4.69, 9.17) is 9.47 Å². The Bertz CT molecular complexity index is 674. The van der Waals surface area contributed by atoms with Crippen LogP contribution in [0.25, 0.3) is 0 Å². The molecule has 0 N–H and O–H groups in total. The van der Waals surface area contributed by atoms with Crippen molar-refractivity contribution >= 4 is 5.97 Å². The Morgan fingerprint density at radius 2 is 1.59 bits per heavy atom. The van der Waals surface area contributed by atoms with Gasteiger partial charge in [0.15, 0.2) is 0 Å². The molecule has 0 bridgehead atoms. The molecule has 0 aliphatic carbocycles. The van der Waals surface area contributed by atoms with E-state index in [2.05, 4.69) is 20.8 Å². The topological polar surface area (TPSA) is 35.5 Å². The maximum absolute atomic E-state index is 12.3. The van der Waals surface area contributed by atoms with Crippen LogP contribution in [0.3, 0.4) is 0 Å². The number of benzene rings is 2. The minimum Gasteiger partial charge on any atom is -0.423 e. The Labute approximate surface area is 163 Å². The lowest BCUT2D eigenvalue weighted by atomic mass is 10.1. The Hall–Kier alpha value is -2.13. The third-order valence-electron chi connectivity index (χ3n) is 4.65. The predicted octanol–water partition coefficient (Wildman–Crippen LogP) is 6.52. The molecule has 1 unspecified atom stereocenters. The Morgan fingerprint density at radius 3 is 2.22 bits per heavy atom. The van der Waals surface area contributed by atoms with Crippen LogP contribution in [-0.4, -0.2) is 12.6 Å². The van der Waals surface area contributed by atoms with Gasteiger partial charge in [0.25, 0.3) is 0 Å². The van der Waals surface area contributed by atoms with Gasteiger partial charge in [-0.05, 0) is 55.2 Å². The van der Waals surface area contributed by atoms with Crippen molar-refractivity contribution in [1.82, 2.24) is 0 Å². The maximum Gasteiger partial charge on any atom is 0.343 e. The number of hydrogen-bond acceptors (Lipinski definition) is 3. The summed E-state index contributed by atoms with van der Waals surface area (Å²) in [6, 6.07) is 15.2. The summed E-state index contributed by atoms with van der Waals surface area (Å²) in [7, 11) is 0. The summed E-state index contributed by atoms with van der Waals surface area (Å²) in [6.45, 7) is 7.19. The van der Waals surface area contributed by atoms with Crippen molar-refractivity contribution in [3.05, 3.63) is 65.2 Å². The summed E-state index contributed by atoms with van der Waals surface area (Å²) in [5.41, 5.74) is 2.90. The first-order valence-corrected chi connectivity index (χ1v) is 10.2. The number of carbonyl (C=O) groups excluding carboxylic acids is 1. The van der Waals surface area contributed by atoms with Gasteiger partial charge in [-0.15, -0.1) is 0 Å². The largest absolute Gasteiger partial charge is 0.423 e. The van der Waals surface area contributed by atoms with Crippen LogP contribution >= 0.6 is 0 Å². The molecule has 0 fully saturated rings. The van der Waals surface area contributed by atoms with Crippen molar-refractivity contribution in [1.29, 1.82) is 0 Å². The summed E-state index contributed by atoms with van der Waals surface area (Å²) >= 11 is 0. The molecule has 3 heteroatoms. The SMILES string of the molecule is CCCCCCOC(C)c1ccc(OC(=O)c2ccc(CCC)cc2)cc1. The Morgan fingerprint density at radius 1 is 0.889 bits per heavy atom. The highest BCUT2D eigenvalue weighted by Crippen LogP contribution is 2.21. The lowest BCUT2D eigenvalue weighted by Crippen LogP contribution is -2.08. The first kappa shape index (κ1) is 21.2. The zero-order valence-corrected chi connectivity index (χ0v) is 16.9. The second kappa shape index (κ2) is 11.6. The molecule has 2 rings (SSSR count). The van der Waals surface area contributed by atoms with Gasteiger partial charge in [-0.3, -0.25) is 0 Å². The highest BCUT2D eigenvalue weighted by molar-refractivity contribution is 5.91. The van der Waals surface area contributed by atoms with Crippen LogP contribution in [0, 0.1) is 0 Å². The van der Waals surface area contributed by atoms with E-state index in [0.29, 0.717) is 11.3 Å². The second-order valence-corrected chi connectivity index (χ2v) is 6.98. The molecule has 0 saturated heterocycles. The minimum absolute atomic E-state index is 0.0440. The Balaban J connectivity index is 1.84. The lowest BCUT2D eigenvalue weighted by molar-refractivity contribution is 0.0627. The summed E-state index contributed by atoms with van der Waals surface area (Å²) in [4.78, 5) is 12.3. The highest BCUT2D eigenvalue weighted by Gasteiger charge is 2.10. The Kier molecular flexibility index (Phi) is 9.06. The van der Waals surface area contributed by atoms with E-state index in [0.717, 1.165) is 31.4 Å². The van der Waals surface area contributed by atoms with Crippen LogP contribution in [0.2, 0.25) is 0 Å². The van der Waals surface area contributed by atoms with Gasteiger partial charge < -0.3 is 9.47 Å². The van der Waals surface area contributed by atoms with E-state index in [1.165, 1.54) is 24.8 Å². The van der Waals surface area contributed by atoms with Crippen LogP contribution in [-0.2, 0) is 11.2 Å². The van der Waals surface area contributed by atoms with Crippen molar-refractivity contribution in [3.8, 4) is 5.75 Å². The van der Waals surface area contributed by atoms with E-state index in [1.807, 2.05) is 48.5 Å². The van der Waals surface area contributed by atoms with Crippen molar-refractivity contribution in [3.63, 3.8) is 0 Å². The van der Waals surface area contributed by atoms with Gasteiger partial charge in [-0.1, -0.05) is 63.8 Å². The van der Waals surface area contributed by atoms with E-state index in [9.17, 15) is 4.79 Å². The standard InChI is InChI=1S/C24H32O3/c1-4-6-7-8-18-26-19(3)21-14-16-23(17-15-21)27-24(25)22-12-10-20(9-5-2)11-13-22/h10-17,19H,4-9,18H2,1-3H3. The smallest absolute Gasteiger partial charge is 0.343 e. The number of rotatable bonds is 11. The molecule has 146 valence electrons. The molecule has 27 heavy (non-hydrogen) atoms. The number of hydrogen-bond donors (Lipinski definition) is 0. The summed E-state index contributed by atoms with van der Waals surface area (Å²) < 4.78 is 11.4. The first-order valence-electron chi connectivity index (χ1n) is 10.2. The van der Waals surface area contributed by atoms with Gasteiger partial charge >= 0.3 is 5.97 Å². The number of aryl methyl sites for hydroxylation is 1. The van der Waals surface area contributed by atoms with Gasteiger partial charge in [0.05, 0.1) is 11.7 Å². The average Bonchev–Trinajstić information content (AvgIpc) is 2.69. The lowest BCUT2D eigenvalue weighted by Gasteiger charge is -2.14. The first-order chi connectivity index (χ1) is 13.1. The zero-order valence-electron chi connectivity index (χ0n) is 16.9. The van der Waals surface area contributed by atoms with Crippen LogP contribution < -0.4 is 4.74 Å². The molecule has 2 aromatic carbocycles. The molecule has 0 heterocycles. The molecule has 0 aliphatic heterocycles. The van der Waals surface area contributed by atoms with Crippen LogP contribution in [0.15, 0.2) is 48.5 Å². The fourth-order valence-electron chi connectivity index (χ4n) is 2.95. The number of esters is 1. The molecule has 2 aromatic rings. The maximum atomic E-state index is 12.3. The van der Waals surface area contributed by atoms with Crippen molar-refractivity contribution in [2.75, 3.05) is 6.61 Å². The van der Waals surface area contributed by atoms with Gasteiger partial charge in [0, 0.05) is 6.61 Å². The molecule has 1 atom stereocenters. The van der Waals surface area contributed by atoms with Gasteiger partial charge in [-0.2, -0.15) is 0 Å². The normalized spacial score (nSPS) is 12.0. The number of unbranched alkanes of at least 4 members (excludes halogenated alkanes) is 3. The number of carbonyl (C=O) groups is 1. The van der Waals surface area contributed by atoms with Gasteiger partial charge in [0.2, 0.25) is 0 Å². The van der Waals surface area contributed by atoms with Crippen molar-refractivity contribution in [2.45, 2.75) is 65.4 Å². The summed E-state index contributed by atoms with van der Waals surface area (Å²) in [5.74, 6) is 0.225. The van der Waals surface area contributed by atoms with Crippen molar-refractivity contribution in [2.24, 2.45) is 0 Å². The third-order valence-corrected chi connectivity index (χ3v) is 4.65. The predicted molar refractivity (Wildman–Crippen MR) is 110 cm³/mol. The fraction of sp³-hybridized carbons (Fsp3) is 0.458. The van der Waals surface area contributed by atoms with E-state index >= 15 is 0 Å². The molecule has 0 amide bonds. The quantitative estimate of drug-likeness (QED) is 0.257. The molecular formula is C24H32O3. The van der Waals surface area contributed by atoms with E-state index < -0.39 is 0 Å². The minimum atomic E-state index is -0.328.